The number of unbranched alkanes of at least 4 members (excludes halogenated alkanes) is 1. The van der Waals surface area contributed by atoms with Gasteiger partial charge in [0.05, 0.1) is 0 Å². The van der Waals surface area contributed by atoms with Crippen LogP contribution in [0.5, 0.6) is 0 Å². The molecule has 0 aromatic heterocycles. The highest BCUT2D eigenvalue weighted by molar-refractivity contribution is 5.98. The first-order valence-corrected chi connectivity index (χ1v) is 14.7. The molecule has 0 unspecified atom stereocenters. The van der Waals surface area contributed by atoms with Gasteiger partial charge < -0.3 is 20.4 Å². The molecule has 0 aliphatic carbocycles. The second kappa shape index (κ2) is 15.8. The Morgan fingerprint density at radius 2 is 0.909 bits per heavy atom. The standard InChI is InChI=1S/C36H38N4O4/c1-39(25-27-13-5-3-6-14-27)35(43)29-17-11-19-31(23-29)37-33(41)21-9-10-22-34(42)38-32-20-12-18-30(24-32)36(44)40(2)26-28-15-7-4-8-16-28/h3-8,11-20,23-24H,9-10,21-22,25-26H2,1-2H3,(H,37,41)(H,38,42). The molecule has 8 nitrogen and oxygen atoms in total. The van der Waals surface area contributed by atoms with Crippen LogP contribution in [0.4, 0.5) is 11.4 Å². The summed E-state index contributed by atoms with van der Waals surface area (Å²) in [7, 11) is 3.50. The summed E-state index contributed by atoms with van der Waals surface area (Å²) in [5.41, 5.74) is 4.16. The number of amides is 4. The Morgan fingerprint density at radius 3 is 1.30 bits per heavy atom. The van der Waals surface area contributed by atoms with E-state index in [-0.39, 0.29) is 36.5 Å². The van der Waals surface area contributed by atoms with Crippen molar-refractivity contribution in [3.8, 4) is 0 Å². The van der Waals surface area contributed by atoms with E-state index in [4.69, 9.17) is 0 Å². The van der Waals surface area contributed by atoms with E-state index in [1.165, 1.54) is 0 Å². The van der Waals surface area contributed by atoms with E-state index in [1.807, 2.05) is 60.7 Å². The maximum Gasteiger partial charge on any atom is 0.253 e. The van der Waals surface area contributed by atoms with E-state index < -0.39 is 0 Å². The van der Waals surface area contributed by atoms with Gasteiger partial charge in [0.15, 0.2) is 0 Å². The molecule has 4 amide bonds. The van der Waals surface area contributed by atoms with Crippen LogP contribution in [0.15, 0.2) is 109 Å². The lowest BCUT2D eigenvalue weighted by atomic mass is 10.1. The molecule has 0 heterocycles. The zero-order valence-electron chi connectivity index (χ0n) is 25.2. The number of hydrogen-bond donors (Lipinski definition) is 2. The molecule has 4 aromatic rings. The number of hydrogen-bond acceptors (Lipinski definition) is 4. The molecule has 0 bridgehead atoms. The minimum atomic E-state index is -0.182. The third kappa shape index (κ3) is 9.66. The van der Waals surface area contributed by atoms with Crippen LogP contribution < -0.4 is 10.6 Å². The minimum absolute atomic E-state index is 0.134. The van der Waals surface area contributed by atoms with Gasteiger partial charge in [-0.25, -0.2) is 0 Å². The van der Waals surface area contributed by atoms with Gasteiger partial charge in [-0.05, 0) is 60.4 Å². The van der Waals surface area contributed by atoms with Crippen molar-refractivity contribution < 1.29 is 19.2 Å². The van der Waals surface area contributed by atoms with Crippen molar-refractivity contribution in [3.63, 3.8) is 0 Å². The zero-order chi connectivity index (χ0) is 31.3. The largest absolute Gasteiger partial charge is 0.337 e. The first kappa shape index (κ1) is 31.7. The molecule has 0 atom stereocenters. The Labute approximate surface area is 258 Å². The van der Waals surface area contributed by atoms with Gasteiger partial charge in [0.2, 0.25) is 11.8 Å². The average molecular weight is 591 g/mol. The highest BCUT2D eigenvalue weighted by Crippen LogP contribution is 2.17. The molecule has 0 fully saturated rings. The topological polar surface area (TPSA) is 98.8 Å². The van der Waals surface area contributed by atoms with Crippen LogP contribution in [0.1, 0.15) is 57.5 Å². The van der Waals surface area contributed by atoms with Gasteiger partial charge in [-0.15, -0.1) is 0 Å². The summed E-state index contributed by atoms with van der Waals surface area (Å²) in [6, 6.07) is 33.3. The van der Waals surface area contributed by atoms with Gasteiger partial charge in [0.25, 0.3) is 11.8 Å². The summed E-state index contributed by atoms with van der Waals surface area (Å²) in [4.78, 5) is 54.1. The number of anilines is 2. The van der Waals surface area contributed by atoms with Crippen molar-refractivity contribution in [3.05, 3.63) is 131 Å². The van der Waals surface area contributed by atoms with Crippen LogP contribution in [-0.4, -0.2) is 47.5 Å². The fraction of sp³-hybridized carbons (Fsp3) is 0.222. The van der Waals surface area contributed by atoms with Gasteiger partial charge in [0, 0.05) is 62.5 Å². The number of rotatable bonds is 13. The molecular weight excluding hydrogens is 552 g/mol. The molecule has 0 saturated heterocycles. The second-order valence-electron chi connectivity index (χ2n) is 10.8. The minimum Gasteiger partial charge on any atom is -0.337 e. The predicted octanol–water partition coefficient (Wildman–Crippen LogP) is 6.37. The van der Waals surface area contributed by atoms with E-state index >= 15 is 0 Å². The predicted molar refractivity (Wildman–Crippen MR) is 173 cm³/mol. The van der Waals surface area contributed by atoms with Gasteiger partial charge >= 0.3 is 0 Å². The van der Waals surface area contributed by atoms with Crippen LogP contribution in [-0.2, 0) is 22.7 Å². The fourth-order valence-corrected chi connectivity index (χ4v) is 4.78. The Balaban J connectivity index is 1.18. The molecule has 8 heteroatoms. The summed E-state index contributed by atoms with van der Waals surface area (Å²) in [5.74, 6) is -0.632. The van der Waals surface area contributed by atoms with Gasteiger partial charge in [-0.3, -0.25) is 19.2 Å². The Bertz CT molecular complexity index is 1450. The Morgan fingerprint density at radius 1 is 0.523 bits per heavy atom. The van der Waals surface area contributed by atoms with E-state index in [9.17, 15) is 19.2 Å². The lowest BCUT2D eigenvalue weighted by molar-refractivity contribution is -0.118. The Kier molecular flexibility index (Phi) is 11.4. The van der Waals surface area contributed by atoms with Crippen molar-refractivity contribution in [2.75, 3.05) is 24.7 Å². The van der Waals surface area contributed by atoms with E-state index in [0.717, 1.165) is 11.1 Å². The van der Waals surface area contributed by atoms with Crippen molar-refractivity contribution in [2.24, 2.45) is 0 Å². The smallest absolute Gasteiger partial charge is 0.253 e. The quantitative estimate of drug-likeness (QED) is 0.177. The number of nitrogens with one attached hydrogen (secondary N) is 2. The average Bonchev–Trinajstić information content (AvgIpc) is 3.03. The van der Waals surface area contributed by atoms with Crippen LogP contribution in [0.25, 0.3) is 0 Å². The molecule has 0 aliphatic heterocycles. The van der Waals surface area contributed by atoms with Gasteiger partial charge in [0.1, 0.15) is 0 Å². The fourth-order valence-electron chi connectivity index (χ4n) is 4.78. The molecule has 0 aliphatic rings. The third-order valence-corrected chi connectivity index (χ3v) is 7.06. The summed E-state index contributed by atoms with van der Waals surface area (Å²) >= 11 is 0. The summed E-state index contributed by atoms with van der Waals surface area (Å²) in [6.07, 6.45) is 1.55. The molecule has 4 rings (SSSR count). The second-order valence-corrected chi connectivity index (χ2v) is 10.8. The maximum atomic E-state index is 12.9. The van der Waals surface area contributed by atoms with Crippen molar-refractivity contribution in [1.82, 2.24) is 9.80 Å². The number of carbonyl (C=O) groups excluding carboxylic acids is 4. The summed E-state index contributed by atoms with van der Waals surface area (Å²) < 4.78 is 0. The van der Waals surface area contributed by atoms with Crippen LogP contribution >= 0.6 is 0 Å². The monoisotopic (exact) mass is 590 g/mol. The van der Waals surface area contributed by atoms with Crippen molar-refractivity contribution in [2.45, 2.75) is 38.8 Å². The van der Waals surface area contributed by atoms with E-state index in [2.05, 4.69) is 10.6 Å². The molecule has 2 N–H and O–H groups in total. The zero-order valence-corrected chi connectivity index (χ0v) is 25.2. The molecule has 0 spiro atoms. The number of benzene rings is 4. The van der Waals surface area contributed by atoms with E-state index in [1.54, 1.807) is 72.4 Å². The molecule has 226 valence electrons. The van der Waals surface area contributed by atoms with Crippen molar-refractivity contribution in [1.29, 1.82) is 0 Å². The summed E-state index contributed by atoms with van der Waals surface area (Å²) in [5, 5.41) is 5.70. The number of nitrogens with zero attached hydrogens (tertiary/aromatic N) is 2. The van der Waals surface area contributed by atoms with Crippen LogP contribution in [0, 0.1) is 0 Å². The summed E-state index contributed by atoms with van der Waals surface area (Å²) in [6.45, 7) is 0.971. The van der Waals surface area contributed by atoms with Crippen LogP contribution in [0.3, 0.4) is 0 Å². The SMILES string of the molecule is CN(Cc1ccccc1)C(=O)c1cccc(NC(=O)CCCCC(=O)Nc2cccc(C(=O)N(C)Cc3ccccc3)c2)c1. The van der Waals surface area contributed by atoms with Crippen molar-refractivity contribution >= 4 is 35.0 Å². The highest BCUT2D eigenvalue weighted by atomic mass is 16.2. The lowest BCUT2D eigenvalue weighted by Crippen LogP contribution is -2.26. The van der Waals surface area contributed by atoms with Gasteiger partial charge in [-0.2, -0.15) is 0 Å². The van der Waals surface area contributed by atoms with E-state index in [0.29, 0.717) is 48.4 Å². The first-order valence-electron chi connectivity index (χ1n) is 14.7. The molecule has 44 heavy (non-hydrogen) atoms. The van der Waals surface area contributed by atoms with Crippen LogP contribution in [0.2, 0.25) is 0 Å². The first-order chi connectivity index (χ1) is 21.3. The third-order valence-electron chi connectivity index (χ3n) is 7.06. The number of carbonyl (C=O) groups is 4. The molecule has 0 radical (unpaired) electrons. The normalized spacial score (nSPS) is 10.5. The molecule has 4 aromatic carbocycles. The molecular formula is C36H38N4O4. The molecule has 0 saturated carbocycles. The van der Waals surface area contributed by atoms with Gasteiger partial charge in [-0.1, -0.05) is 72.8 Å². The Hall–Kier alpha value is -5.24. The lowest BCUT2D eigenvalue weighted by Gasteiger charge is -2.18. The maximum absolute atomic E-state index is 12.9. The highest BCUT2D eigenvalue weighted by Gasteiger charge is 2.15.